The van der Waals surface area contributed by atoms with E-state index in [1.807, 2.05) is 6.07 Å². The molecule has 0 aliphatic heterocycles. The van der Waals surface area contributed by atoms with Gasteiger partial charge in [-0.2, -0.15) is 5.26 Å². The van der Waals surface area contributed by atoms with E-state index >= 15 is 0 Å². The fraction of sp³-hybridized carbons (Fsp3) is 0.222. The Bertz CT molecular complexity index is 522. The Kier molecular flexibility index (Phi) is 4.12. The molecule has 16 heavy (non-hydrogen) atoms. The Balaban J connectivity index is 2.74. The van der Waals surface area contributed by atoms with Crippen LogP contribution in [-0.2, 0) is 10.0 Å². The lowest BCUT2D eigenvalue weighted by Crippen LogP contribution is -2.22. The van der Waals surface area contributed by atoms with Crippen LogP contribution >= 0.6 is 11.6 Å². The molecule has 1 aromatic carbocycles. The van der Waals surface area contributed by atoms with Gasteiger partial charge in [-0.25, -0.2) is 13.6 Å². The number of halogens is 1. The molecule has 0 aliphatic carbocycles. The van der Waals surface area contributed by atoms with Crippen molar-refractivity contribution in [2.45, 2.75) is 0 Å². The highest BCUT2D eigenvalue weighted by Crippen LogP contribution is 2.19. The van der Waals surface area contributed by atoms with Crippen LogP contribution in [0.1, 0.15) is 5.56 Å². The van der Waals surface area contributed by atoms with Gasteiger partial charge in [0.25, 0.3) is 0 Å². The first kappa shape index (κ1) is 12.8. The molecule has 1 aromatic rings. The summed E-state index contributed by atoms with van der Waals surface area (Å²) >= 11 is 5.75. The molecule has 0 aromatic heterocycles. The first-order chi connectivity index (χ1) is 7.42. The van der Waals surface area contributed by atoms with Gasteiger partial charge in [0.15, 0.2) is 0 Å². The summed E-state index contributed by atoms with van der Waals surface area (Å²) in [7, 11) is -3.50. The molecule has 0 saturated carbocycles. The molecule has 0 amide bonds. The first-order valence-electron chi connectivity index (χ1n) is 4.36. The van der Waals surface area contributed by atoms with Crippen molar-refractivity contribution < 1.29 is 8.42 Å². The number of nitrogens with one attached hydrogen (secondary N) is 1. The van der Waals surface area contributed by atoms with E-state index in [1.165, 1.54) is 0 Å². The summed E-state index contributed by atoms with van der Waals surface area (Å²) < 4.78 is 21.4. The van der Waals surface area contributed by atoms with Crippen molar-refractivity contribution in [1.29, 1.82) is 5.26 Å². The lowest BCUT2D eigenvalue weighted by molar-refractivity contribution is 0.598. The molecule has 7 heteroatoms. The van der Waals surface area contributed by atoms with Gasteiger partial charge in [0, 0.05) is 11.6 Å². The number of hydrogen-bond acceptors (Lipinski definition) is 4. The number of nitrogens with zero attached hydrogens (tertiary/aromatic N) is 1. The minimum atomic E-state index is -3.50. The summed E-state index contributed by atoms with van der Waals surface area (Å²) in [5, 5.41) is 16.9. The summed E-state index contributed by atoms with van der Waals surface area (Å²) in [5.74, 6) is -0.204. The van der Waals surface area contributed by atoms with Crippen LogP contribution in [-0.4, -0.2) is 20.7 Å². The number of benzene rings is 1. The molecule has 0 saturated heterocycles. The van der Waals surface area contributed by atoms with E-state index in [4.69, 9.17) is 22.0 Å². The third kappa shape index (κ3) is 4.06. The Morgan fingerprint density at radius 1 is 1.50 bits per heavy atom. The molecule has 0 atom stereocenters. The summed E-state index contributed by atoms with van der Waals surface area (Å²) in [6.07, 6.45) is 0. The molecule has 0 radical (unpaired) electrons. The molecule has 86 valence electrons. The number of rotatable bonds is 4. The third-order valence-corrected chi connectivity index (χ3v) is 2.81. The molecule has 3 N–H and O–H groups in total. The number of sulfonamides is 1. The van der Waals surface area contributed by atoms with Crippen LogP contribution in [0.5, 0.6) is 0 Å². The largest absolute Gasteiger partial charge is 0.383 e. The first-order valence-corrected chi connectivity index (χ1v) is 6.46. The highest BCUT2D eigenvalue weighted by molar-refractivity contribution is 7.89. The van der Waals surface area contributed by atoms with Crippen molar-refractivity contribution in [2.75, 3.05) is 17.6 Å². The van der Waals surface area contributed by atoms with Gasteiger partial charge in [-0.15, -0.1) is 0 Å². The normalized spacial score (nSPS) is 10.8. The van der Waals surface area contributed by atoms with Gasteiger partial charge in [-0.3, -0.25) is 0 Å². The van der Waals surface area contributed by atoms with Crippen molar-refractivity contribution >= 4 is 27.3 Å². The van der Waals surface area contributed by atoms with E-state index in [1.54, 1.807) is 18.2 Å². The van der Waals surface area contributed by atoms with Gasteiger partial charge in [0.2, 0.25) is 10.0 Å². The van der Waals surface area contributed by atoms with Crippen LogP contribution in [0.4, 0.5) is 5.69 Å². The van der Waals surface area contributed by atoms with Gasteiger partial charge in [-0.1, -0.05) is 11.6 Å². The maximum Gasteiger partial charge on any atom is 0.210 e. The molecule has 0 unspecified atom stereocenters. The monoisotopic (exact) mass is 259 g/mol. The van der Waals surface area contributed by atoms with Crippen molar-refractivity contribution in [2.24, 2.45) is 5.14 Å². The van der Waals surface area contributed by atoms with Crippen molar-refractivity contribution in [1.82, 2.24) is 0 Å². The predicted octanol–water partition coefficient (Wildman–Crippen LogP) is 0.912. The van der Waals surface area contributed by atoms with Gasteiger partial charge < -0.3 is 5.32 Å². The number of hydrogen-bond donors (Lipinski definition) is 2. The van der Waals surface area contributed by atoms with Crippen LogP contribution in [0.15, 0.2) is 18.2 Å². The zero-order chi connectivity index (χ0) is 12.2. The molecule has 0 aliphatic rings. The van der Waals surface area contributed by atoms with Gasteiger partial charge in [-0.05, 0) is 18.2 Å². The highest BCUT2D eigenvalue weighted by Gasteiger charge is 2.05. The zero-order valence-electron chi connectivity index (χ0n) is 8.27. The average Bonchev–Trinajstić information content (AvgIpc) is 2.16. The Morgan fingerprint density at radius 3 is 2.75 bits per heavy atom. The lowest BCUT2D eigenvalue weighted by atomic mass is 10.2. The van der Waals surface area contributed by atoms with Gasteiger partial charge >= 0.3 is 0 Å². The van der Waals surface area contributed by atoms with Crippen molar-refractivity contribution in [3.05, 3.63) is 28.8 Å². The summed E-state index contributed by atoms with van der Waals surface area (Å²) in [6, 6.07) is 6.67. The fourth-order valence-corrected chi connectivity index (χ4v) is 1.65. The zero-order valence-corrected chi connectivity index (χ0v) is 9.85. The molecule has 0 bridgehead atoms. The SMILES string of the molecule is N#Cc1ccc(Cl)cc1NCCS(N)(=O)=O. The van der Waals surface area contributed by atoms with Crippen LogP contribution in [0.2, 0.25) is 5.02 Å². The minimum absolute atomic E-state index is 0.133. The number of nitriles is 1. The Labute approximate surface area is 98.9 Å². The van der Waals surface area contributed by atoms with E-state index < -0.39 is 10.0 Å². The molecular weight excluding hydrogens is 250 g/mol. The minimum Gasteiger partial charge on any atom is -0.383 e. The second kappa shape index (κ2) is 5.16. The standard InChI is InChI=1S/C9H10ClN3O2S/c10-8-2-1-7(6-11)9(5-8)13-3-4-16(12,14)15/h1-2,5,13H,3-4H2,(H2,12,14,15). The van der Waals surface area contributed by atoms with E-state index in [-0.39, 0.29) is 12.3 Å². The maximum absolute atomic E-state index is 10.7. The molecule has 0 spiro atoms. The Hall–Kier alpha value is -1.29. The second-order valence-corrected chi connectivity index (χ2v) is 5.27. The van der Waals surface area contributed by atoms with E-state index in [2.05, 4.69) is 5.32 Å². The summed E-state index contributed by atoms with van der Waals surface area (Å²) in [4.78, 5) is 0. The molecule has 5 nitrogen and oxygen atoms in total. The van der Waals surface area contributed by atoms with E-state index in [0.717, 1.165) is 0 Å². The smallest absolute Gasteiger partial charge is 0.210 e. The summed E-state index contributed by atoms with van der Waals surface area (Å²) in [6.45, 7) is 0.133. The molecule has 0 fully saturated rings. The molecular formula is C9H10ClN3O2S. The van der Waals surface area contributed by atoms with Crippen LogP contribution in [0.3, 0.4) is 0 Å². The van der Waals surface area contributed by atoms with E-state index in [0.29, 0.717) is 16.3 Å². The van der Waals surface area contributed by atoms with Crippen molar-refractivity contribution in [3.8, 4) is 6.07 Å². The van der Waals surface area contributed by atoms with E-state index in [9.17, 15) is 8.42 Å². The predicted molar refractivity (Wildman–Crippen MR) is 62.6 cm³/mol. The van der Waals surface area contributed by atoms with Crippen LogP contribution in [0.25, 0.3) is 0 Å². The maximum atomic E-state index is 10.7. The van der Waals surface area contributed by atoms with Gasteiger partial charge in [0.05, 0.1) is 17.0 Å². The average molecular weight is 260 g/mol. The van der Waals surface area contributed by atoms with Crippen molar-refractivity contribution in [3.63, 3.8) is 0 Å². The fourth-order valence-electron chi connectivity index (χ4n) is 1.09. The van der Waals surface area contributed by atoms with Crippen LogP contribution < -0.4 is 10.5 Å². The number of nitrogens with two attached hydrogens (primary N) is 1. The third-order valence-electron chi connectivity index (χ3n) is 1.80. The number of primary sulfonamides is 1. The quantitative estimate of drug-likeness (QED) is 0.840. The topological polar surface area (TPSA) is 96.0 Å². The lowest BCUT2D eigenvalue weighted by Gasteiger charge is -2.07. The second-order valence-electron chi connectivity index (χ2n) is 3.10. The highest BCUT2D eigenvalue weighted by atomic mass is 35.5. The van der Waals surface area contributed by atoms with Gasteiger partial charge in [0.1, 0.15) is 6.07 Å². The van der Waals surface area contributed by atoms with Crippen LogP contribution in [0, 0.1) is 11.3 Å². The molecule has 0 heterocycles. The molecule has 1 rings (SSSR count). The summed E-state index contributed by atoms with van der Waals surface area (Å²) in [5.41, 5.74) is 0.900. The Morgan fingerprint density at radius 2 is 2.19 bits per heavy atom. The number of anilines is 1.